The smallest absolute Gasteiger partial charge is 0.410 e. The molecular formula is C22H45IN4O4. The normalized spacial score (nSPS) is 16.5. The average molecular weight is 557 g/mol. The molecule has 1 aliphatic heterocycles. The van der Waals surface area contributed by atoms with Crippen molar-refractivity contribution in [1.29, 1.82) is 0 Å². The molecular weight excluding hydrogens is 511 g/mol. The molecule has 1 saturated heterocycles. The second-order valence-corrected chi connectivity index (χ2v) is 9.06. The van der Waals surface area contributed by atoms with Crippen LogP contribution in [0.4, 0.5) is 4.79 Å². The Morgan fingerprint density at radius 1 is 1.26 bits per heavy atom. The number of aliphatic imine (C=N–C) groups is 1. The number of guanidine groups is 1. The van der Waals surface area contributed by atoms with Crippen LogP contribution in [0.25, 0.3) is 0 Å². The van der Waals surface area contributed by atoms with E-state index in [1.54, 1.807) is 19.1 Å². The minimum absolute atomic E-state index is 0. The molecule has 0 radical (unpaired) electrons. The van der Waals surface area contributed by atoms with Crippen molar-refractivity contribution in [2.75, 3.05) is 60.1 Å². The number of rotatable bonds is 10. The quantitative estimate of drug-likeness (QED) is 0.192. The fraction of sp³-hybridized carbons (Fsp3) is 0.909. The molecule has 1 fully saturated rings. The van der Waals surface area contributed by atoms with E-state index in [2.05, 4.69) is 24.1 Å². The van der Waals surface area contributed by atoms with E-state index in [0.29, 0.717) is 19.2 Å². The highest BCUT2D eigenvalue weighted by atomic mass is 127. The van der Waals surface area contributed by atoms with Gasteiger partial charge in [0.1, 0.15) is 5.60 Å². The third kappa shape index (κ3) is 13.4. The van der Waals surface area contributed by atoms with Gasteiger partial charge < -0.3 is 29.3 Å². The van der Waals surface area contributed by atoms with Crippen molar-refractivity contribution in [3.8, 4) is 0 Å². The number of methoxy groups -OCH3 is 1. The van der Waals surface area contributed by atoms with Gasteiger partial charge in [0, 0.05) is 60.1 Å². The van der Waals surface area contributed by atoms with Crippen LogP contribution in [-0.4, -0.2) is 93.7 Å². The lowest BCUT2D eigenvalue weighted by Gasteiger charge is -2.34. The number of carbonyl (C=O) groups excluding carboxylic acids is 1. The molecule has 0 saturated carbocycles. The van der Waals surface area contributed by atoms with Gasteiger partial charge in [0.25, 0.3) is 0 Å². The number of piperidine rings is 1. The highest BCUT2D eigenvalue weighted by molar-refractivity contribution is 14.0. The summed E-state index contributed by atoms with van der Waals surface area (Å²) in [5.41, 5.74) is -0.482. The molecule has 0 aromatic carbocycles. The Hall–Kier alpha value is -0.810. The van der Waals surface area contributed by atoms with Crippen molar-refractivity contribution in [3.63, 3.8) is 0 Å². The van der Waals surface area contributed by atoms with Gasteiger partial charge in [0.15, 0.2) is 5.96 Å². The van der Waals surface area contributed by atoms with Crippen LogP contribution < -0.4 is 5.32 Å². The number of carbonyl (C=O) groups is 1. The molecule has 1 atom stereocenters. The van der Waals surface area contributed by atoms with Gasteiger partial charge in [0.05, 0.1) is 6.10 Å². The third-order valence-corrected chi connectivity index (χ3v) is 4.77. The Bertz CT molecular complexity index is 520. The summed E-state index contributed by atoms with van der Waals surface area (Å²) in [5.74, 6) is 1.18. The molecule has 0 aliphatic carbocycles. The summed E-state index contributed by atoms with van der Waals surface area (Å²) in [4.78, 5) is 20.9. The van der Waals surface area contributed by atoms with Gasteiger partial charge in [-0.15, -0.1) is 24.0 Å². The molecule has 1 N–H and O–H groups in total. The van der Waals surface area contributed by atoms with Crippen LogP contribution in [0.3, 0.4) is 0 Å². The van der Waals surface area contributed by atoms with E-state index in [1.807, 2.05) is 20.8 Å². The minimum atomic E-state index is -0.482. The van der Waals surface area contributed by atoms with E-state index in [1.165, 1.54) is 0 Å². The van der Waals surface area contributed by atoms with Crippen LogP contribution in [0.1, 0.15) is 53.9 Å². The Morgan fingerprint density at radius 2 is 1.90 bits per heavy atom. The number of ether oxygens (including phenoxy) is 3. The molecule has 31 heavy (non-hydrogen) atoms. The van der Waals surface area contributed by atoms with Gasteiger partial charge in [0.2, 0.25) is 0 Å². The van der Waals surface area contributed by atoms with Crippen LogP contribution in [-0.2, 0) is 14.2 Å². The zero-order chi connectivity index (χ0) is 22.6. The Kier molecular flexibility index (Phi) is 15.5. The number of amides is 1. The van der Waals surface area contributed by atoms with Gasteiger partial charge in [-0.1, -0.05) is 6.92 Å². The van der Waals surface area contributed by atoms with E-state index < -0.39 is 5.60 Å². The second kappa shape index (κ2) is 15.9. The van der Waals surface area contributed by atoms with Gasteiger partial charge >= 0.3 is 6.09 Å². The number of nitrogens with zero attached hydrogens (tertiary/aromatic N) is 3. The molecule has 0 aromatic rings. The summed E-state index contributed by atoms with van der Waals surface area (Å²) in [6, 6.07) is 0. The fourth-order valence-corrected chi connectivity index (χ4v) is 3.30. The molecule has 1 unspecified atom stereocenters. The summed E-state index contributed by atoms with van der Waals surface area (Å²) >= 11 is 0. The van der Waals surface area contributed by atoms with Crippen LogP contribution in [0.15, 0.2) is 4.99 Å². The van der Waals surface area contributed by atoms with Crippen LogP contribution >= 0.6 is 24.0 Å². The molecule has 0 aromatic heterocycles. The molecule has 1 rings (SSSR count). The lowest BCUT2D eigenvalue weighted by atomic mass is 10.1. The zero-order valence-electron chi connectivity index (χ0n) is 20.6. The molecule has 9 heteroatoms. The predicted octanol–water partition coefficient (Wildman–Crippen LogP) is 3.59. The molecule has 1 amide bonds. The number of halogens is 1. The largest absolute Gasteiger partial charge is 0.444 e. The summed E-state index contributed by atoms with van der Waals surface area (Å²) in [6.07, 6.45) is 2.99. The predicted molar refractivity (Wildman–Crippen MR) is 136 cm³/mol. The van der Waals surface area contributed by atoms with Crippen molar-refractivity contribution in [3.05, 3.63) is 0 Å². The van der Waals surface area contributed by atoms with Crippen molar-refractivity contribution in [2.24, 2.45) is 10.9 Å². The lowest BCUT2D eigenvalue weighted by Crippen LogP contribution is -2.47. The number of likely N-dealkylation sites (tertiary alicyclic amines) is 1. The average Bonchev–Trinajstić information content (AvgIpc) is 2.67. The molecule has 1 aliphatic rings. The highest BCUT2D eigenvalue weighted by Crippen LogP contribution is 2.15. The van der Waals surface area contributed by atoms with Gasteiger partial charge in [-0.25, -0.2) is 4.79 Å². The maximum absolute atomic E-state index is 12.2. The Balaban J connectivity index is 0.00000900. The molecule has 184 valence electrons. The van der Waals surface area contributed by atoms with Crippen molar-refractivity contribution < 1.29 is 19.0 Å². The molecule has 8 nitrogen and oxygen atoms in total. The van der Waals surface area contributed by atoms with Crippen molar-refractivity contribution >= 4 is 36.0 Å². The Morgan fingerprint density at radius 3 is 2.45 bits per heavy atom. The van der Waals surface area contributed by atoms with Gasteiger partial charge in [-0.3, -0.25) is 4.99 Å². The number of hydrogen-bond acceptors (Lipinski definition) is 5. The maximum atomic E-state index is 12.2. The summed E-state index contributed by atoms with van der Waals surface area (Å²) < 4.78 is 16.4. The second-order valence-electron chi connectivity index (χ2n) is 9.06. The fourth-order valence-electron chi connectivity index (χ4n) is 3.30. The van der Waals surface area contributed by atoms with Gasteiger partial charge in [-0.05, 0) is 52.9 Å². The number of hydrogen-bond donors (Lipinski definition) is 1. The SMILES string of the molecule is CCNC(=NCC(C)CN(C)C(=O)OC(C)(C)C)N1CCC(OCCCOC)CC1.I. The first kappa shape index (κ1) is 30.2. The van der Waals surface area contributed by atoms with Crippen molar-refractivity contribution in [1.82, 2.24) is 15.1 Å². The minimum Gasteiger partial charge on any atom is -0.444 e. The van der Waals surface area contributed by atoms with E-state index in [-0.39, 0.29) is 36.0 Å². The summed E-state index contributed by atoms with van der Waals surface area (Å²) in [7, 11) is 3.49. The zero-order valence-corrected chi connectivity index (χ0v) is 22.9. The van der Waals surface area contributed by atoms with E-state index in [9.17, 15) is 4.79 Å². The van der Waals surface area contributed by atoms with E-state index in [0.717, 1.165) is 58.1 Å². The van der Waals surface area contributed by atoms with Crippen LogP contribution in [0, 0.1) is 5.92 Å². The first-order valence-electron chi connectivity index (χ1n) is 11.2. The highest BCUT2D eigenvalue weighted by Gasteiger charge is 2.23. The topological polar surface area (TPSA) is 75.6 Å². The molecule has 1 heterocycles. The van der Waals surface area contributed by atoms with Crippen LogP contribution in [0.5, 0.6) is 0 Å². The third-order valence-electron chi connectivity index (χ3n) is 4.77. The monoisotopic (exact) mass is 556 g/mol. The van der Waals surface area contributed by atoms with Gasteiger partial charge in [-0.2, -0.15) is 0 Å². The lowest BCUT2D eigenvalue weighted by molar-refractivity contribution is 0.00989. The Labute approximate surface area is 206 Å². The molecule has 0 bridgehead atoms. The standard InChI is InChI=1S/C22H44N4O4.HI/c1-8-23-20(26-12-10-19(11-13-26)29-15-9-14-28-7)24-16-18(2)17-25(6)21(27)30-22(3,4)5;/h18-19H,8-17H2,1-7H3,(H,23,24);1H. The summed E-state index contributed by atoms with van der Waals surface area (Å²) in [5, 5.41) is 3.40. The van der Waals surface area contributed by atoms with E-state index >= 15 is 0 Å². The molecule has 0 spiro atoms. The van der Waals surface area contributed by atoms with Crippen LogP contribution in [0.2, 0.25) is 0 Å². The maximum Gasteiger partial charge on any atom is 0.410 e. The summed E-state index contributed by atoms with van der Waals surface area (Å²) in [6.45, 7) is 15.3. The van der Waals surface area contributed by atoms with E-state index in [4.69, 9.17) is 19.2 Å². The number of nitrogens with one attached hydrogen (secondary N) is 1. The first-order valence-corrected chi connectivity index (χ1v) is 11.2. The first-order chi connectivity index (χ1) is 14.2. The van der Waals surface area contributed by atoms with Crippen molar-refractivity contribution in [2.45, 2.75) is 65.6 Å².